The minimum atomic E-state index is -1.42. The molecule has 0 radical (unpaired) electrons. The van der Waals surface area contributed by atoms with Gasteiger partial charge in [0.25, 0.3) is 5.69 Å². The lowest BCUT2D eigenvalue weighted by molar-refractivity contribution is -0.385. The maximum atomic E-state index is 12.5. The Morgan fingerprint density at radius 1 is 1.48 bits per heavy atom. The lowest BCUT2D eigenvalue weighted by atomic mass is 10.2. The molecule has 0 aromatic carbocycles. The van der Waals surface area contributed by atoms with Crippen molar-refractivity contribution in [2.45, 2.75) is 43.1 Å². The summed E-state index contributed by atoms with van der Waals surface area (Å²) in [6.07, 6.45) is 1.24. The van der Waals surface area contributed by atoms with Crippen molar-refractivity contribution in [3.63, 3.8) is 0 Å². The van der Waals surface area contributed by atoms with Gasteiger partial charge in [-0.2, -0.15) is 0 Å². The van der Waals surface area contributed by atoms with Crippen molar-refractivity contribution in [3.8, 4) is 0 Å². The highest BCUT2D eigenvalue weighted by atomic mass is 32.2. The highest BCUT2D eigenvalue weighted by Gasteiger charge is 2.33. The molecule has 2 rings (SSSR count). The van der Waals surface area contributed by atoms with E-state index in [9.17, 15) is 19.1 Å². The molecule has 126 valence electrons. The molecular weight excluding hydrogens is 322 g/mol. The summed E-state index contributed by atoms with van der Waals surface area (Å²) in [7, 11) is -1.42. The summed E-state index contributed by atoms with van der Waals surface area (Å²) in [6.45, 7) is 6.16. The first-order chi connectivity index (χ1) is 10.7. The highest BCUT2D eigenvalue weighted by Crippen LogP contribution is 2.22. The van der Waals surface area contributed by atoms with Gasteiger partial charge in [0.05, 0.1) is 21.0 Å². The Balaban J connectivity index is 1.99. The van der Waals surface area contributed by atoms with Gasteiger partial charge < -0.3 is 9.64 Å². The van der Waals surface area contributed by atoms with E-state index in [1.54, 1.807) is 20.8 Å². The summed E-state index contributed by atoms with van der Waals surface area (Å²) in [4.78, 5) is 27.5. The summed E-state index contributed by atoms with van der Waals surface area (Å²) in [5.41, 5.74) is -0.721. The third-order valence-corrected chi connectivity index (χ3v) is 4.88. The summed E-state index contributed by atoms with van der Waals surface area (Å²) in [5, 5.41) is 10.6. The lowest BCUT2D eigenvalue weighted by Gasteiger charge is -2.24. The predicted octanol–water partition coefficient (Wildman–Crippen LogP) is 2.11. The molecule has 1 fully saturated rings. The van der Waals surface area contributed by atoms with Crippen LogP contribution >= 0.6 is 0 Å². The molecule has 1 aliphatic rings. The smallest absolute Gasteiger partial charge is 0.410 e. The van der Waals surface area contributed by atoms with Gasteiger partial charge in [-0.15, -0.1) is 0 Å². The van der Waals surface area contributed by atoms with E-state index in [4.69, 9.17) is 4.74 Å². The van der Waals surface area contributed by atoms with Crippen LogP contribution < -0.4 is 0 Å². The number of likely N-dealkylation sites (tertiary alicyclic amines) is 1. The third-order valence-electron chi connectivity index (χ3n) is 3.24. The fraction of sp³-hybridized carbons (Fsp3) is 0.571. The molecule has 0 unspecified atom stereocenters. The third kappa shape index (κ3) is 4.47. The van der Waals surface area contributed by atoms with Crippen LogP contribution in [0.5, 0.6) is 0 Å². The molecule has 9 heteroatoms. The van der Waals surface area contributed by atoms with Crippen molar-refractivity contribution >= 4 is 22.6 Å². The maximum Gasteiger partial charge on any atom is 0.410 e. The number of aromatic nitrogens is 1. The Bertz CT molecular complexity index is 626. The molecular formula is C14H19N3O5S. The van der Waals surface area contributed by atoms with Crippen LogP contribution in [0.2, 0.25) is 0 Å². The van der Waals surface area contributed by atoms with Gasteiger partial charge in [0.15, 0.2) is 0 Å². The molecule has 2 atom stereocenters. The van der Waals surface area contributed by atoms with Gasteiger partial charge >= 0.3 is 6.09 Å². The van der Waals surface area contributed by atoms with Gasteiger partial charge in [-0.1, -0.05) is 0 Å². The Kier molecular flexibility index (Phi) is 4.98. The fourth-order valence-electron chi connectivity index (χ4n) is 2.17. The van der Waals surface area contributed by atoms with E-state index >= 15 is 0 Å². The molecule has 0 bridgehead atoms. The predicted molar refractivity (Wildman–Crippen MR) is 83.5 cm³/mol. The number of pyridine rings is 1. The molecule has 0 N–H and O–H groups in total. The number of ether oxygens (including phenoxy) is 1. The number of hydrogen-bond donors (Lipinski definition) is 0. The Labute approximate surface area is 136 Å². The lowest BCUT2D eigenvalue weighted by Crippen LogP contribution is -2.36. The number of carbonyl (C=O) groups is 1. The molecule has 23 heavy (non-hydrogen) atoms. The van der Waals surface area contributed by atoms with E-state index in [-0.39, 0.29) is 16.0 Å². The van der Waals surface area contributed by atoms with Crippen LogP contribution in [0.25, 0.3) is 0 Å². The molecule has 1 amide bonds. The zero-order chi connectivity index (χ0) is 17.2. The molecule has 0 saturated carbocycles. The van der Waals surface area contributed by atoms with E-state index in [0.717, 1.165) is 6.20 Å². The normalized spacial score (nSPS) is 19.4. The molecule has 1 aromatic rings. The van der Waals surface area contributed by atoms with E-state index in [1.165, 1.54) is 17.0 Å². The van der Waals surface area contributed by atoms with E-state index in [1.807, 2.05) is 0 Å². The van der Waals surface area contributed by atoms with E-state index in [0.29, 0.717) is 19.5 Å². The quantitative estimate of drug-likeness (QED) is 0.616. The number of nitrogens with zero attached hydrogens (tertiary/aromatic N) is 3. The SMILES string of the molecule is CC(C)(C)OC(=O)N1CC[C@H]([S@@](=O)c2ccc([N+](=O)[O-])cn2)C1. The minimum absolute atomic E-state index is 0.146. The summed E-state index contributed by atoms with van der Waals surface area (Å²) in [6, 6.07) is 2.67. The van der Waals surface area contributed by atoms with Gasteiger partial charge in [-0.25, -0.2) is 9.78 Å². The fourth-order valence-corrected chi connectivity index (χ4v) is 3.50. The van der Waals surface area contributed by atoms with Crippen molar-refractivity contribution < 1.29 is 18.7 Å². The second-order valence-electron chi connectivity index (χ2n) is 6.25. The van der Waals surface area contributed by atoms with Crippen LogP contribution in [0.4, 0.5) is 10.5 Å². The number of rotatable bonds is 3. The van der Waals surface area contributed by atoms with Crippen LogP contribution in [0, 0.1) is 10.1 Å². The van der Waals surface area contributed by atoms with Crippen LogP contribution in [-0.4, -0.2) is 49.0 Å². The minimum Gasteiger partial charge on any atom is -0.444 e. The van der Waals surface area contributed by atoms with Gasteiger partial charge in [0.2, 0.25) is 0 Å². The van der Waals surface area contributed by atoms with Gasteiger partial charge in [-0.3, -0.25) is 14.3 Å². The average Bonchev–Trinajstić information content (AvgIpc) is 2.94. The first-order valence-electron chi connectivity index (χ1n) is 7.16. The van der Waals surface area contributed by atoms with Crippen molar-refractivity contribution in [1.82, 2.24) is 9.88 Å². The average molecular weight is 341 g/mol. The molecule has 0 spiro atoms. The van der Waals surface area contributed by atoms with Crippen molar-refractivity contribution in [3.05, 3.63) is 28.4 Å². The van der Waals surface area contributed by atoms with Gasteiger partial charge in [-0.05, 0) is 33.3 Å². The molecule has 0 aliphatic carbocycles. The largest absolute Gasteiger partial charge is 0.444 e. The summed E-state index contributed by atoms with van der Waals surface area (Å²) in [5.74, 6) is 0. The molecule has 8 nitrogen and oxygen atoms in total. The number of carbonyl (C=O) groups excluding carboxylic acids is 1. The van der Waals surface area contributed by atoms with Crippen LogP contribution in [-0.2, 0) is 15.5 Å². The van der Waals surface area contributed by atoms with Crippen LogP contribution in [0.15, 0.2) is 23.4 Å². The Morgan fingerprint density at radius 3 is 2.70 bits per heavy atom. The second-order valence-corrected chi connectivity index (χ2v) is 7.93. The van der Waals surface area contributed by atoms with Crippen LogP contribution in [0.1, 0.15) is 27.2 Å². The molecule has 2 heterocycles. The summed E-state index contributed by atoms with van der Waals surface area (Å²) >= 11 is 0. The van der Waals surface area contributed by atoms with E-state index < -0.39 is 27.4 Å². The Hall–Kier alpha value is -2.03. The monoisotopic (exact) mass is 341 g/mol. The molecule has 1 aliphatic heterocycles. The highest BCUT2D eigenvalue weighted by molar-refractivity contribution is 7.85. The first-order valence-corrected chi connectivity index (χ1v) is 8.37. The molecule has 1 aromatic heterocycles. The van der Waals surface area contributed by atoms with Crippen molar-refractivity contribution in [1.29, 1.82) is 0 Å². The number of nitro groups is 1. The van der Waals surface area contributed by atoms with E-state index in [2.05, 4.69) is 4.98 Å². The Morgan fingerprint density at radius 2 is 2.17 bits per heavy atom. The second kappa shape index (κ2) is 6.61. The van der Waals surface area contributed by atoms with Gasteiger partial charge in [0, 0.05) is 19.2 Å². The zero-order valence-corrected chi connectivity index (χ0v) is 14.0. The van der Waals surface area contributed by atoms with Gasteiger partial charge in [0.1, 0.15) is 16.8 Å². The van der Waals surface area contributed by atoms with Crippen molar-refractivity contribution in [2.75, 3.05) is 13.1 Å². The molecule has 1 saturated heterocycles. The standard InChI is InChI=1S/C14H19N3O5S/c1-14(2,3)22-13(18)16-7-6-11(9-16)23(21)12-5-4-10(8-15-12)17(19)20/h4-5,8,11H,6-7,9H2,1-3H3/t11-,23+/m0/s1. The van der Waals surface area contributed by atoms with Crippen molar-refractivity contribution in [2.24, 2.45) is 0 Å². The number of hydrogen-bond acceptors (Lipinski definition) is 6. The number of amides is 1. The zero-order valence-electron chi connectivity index (χ0n) is 13.2. The summed E-state index contributed by atoms with van der Waals surface area (Å²) < 4.78 is 17.8. The topological polar surface area (TPSA) is 103 Å². The first kappa shape index (κ1) is 17.3. The van der Waals surface area contributed by atoms with Crippen LogP contribution in [0.3, 0.4) is 0 Å². The maximum absolute atomic E-state index is 12.5.